The molecule has 0 atom stereocenters. The van der Waals surface area contributed by atoms with Gasteiger partial charge in [0.2, 0.25) is 11.2 Å². The van der Waals surface area contributed by atoms with E-state index in [1.807, 2.05) is 0 Å². The van der Waals surface area contributed by atoms with Crippen LogP contribution in [0.5, 0.6) is 0 Å². The minimum Gasteiger partial charge on any atom is -0.439 e. The second-order valence-electron chi connectivity index (χ2n) is 8.44. The van der Waals surface area contributed by atoms with E-state index in [9.17, 15) is 9.59 Å². The first-order valence-corrected chi connectivity index (χ1v) is 15.5. The van der Waals surface area contributed by atoms with Gasteiger partial charge in [0.05, 0.1) is 0 Å². The lowest BCUT2D eigenvalue weighted by Gasteiger charge is -2.30. The molecule has 6 heteroatoms. The van der Waals surface area contributed by atoms with Gasteiger partial charge in [-0.3, -0.25) is 9.59 Å². The minimum absolute atomic E-state index is 0.433. The summed E-state index contributed by atoms with van der Waals surface area (Å²) >= 11 is 0. The van der Waals surface area contributed by atoms with Crippen molar-refractivity contribution in [2.75, 3.05) is 0 Å². The summed E-state index contributed by atoms with van der Waals surface area (Å²) in [5.74, 6) is 5.30. The normalized spacial score (nSPS) is 24.6. The molecule has 0 heterocycles. The Bertz CT molecular complexity index is 678. The molecule has 0 fully saturated rings. The maximum atomic E-state index is 11.6. The average molecular weight is 389 g/mol. The van der Waals surface area contributed by atoms with Crippen molar-refractivity contribution in [1.29, 1.82) is 0 Å². The molecule has 0 aromatic rings. The lowest BCUT2D eigenvalue weighted by atomic mass is 9.90. The molecule has 0 aromatic carbocycles. The molecule has 0 N–H and O–H groups in total. The Balaban J connectivity index is 3.38. The van der Waals surface area contributed by atoms with Gasteiger partial charge in [-0.15, -0.1) is 11.1 Å². The summed E-state index contributed by atoms with van der Waals surface area (Å²) in [7, 11) is -3.34. The largest absolute Gasteiger partial charge is 0.439 e. The lowest BCUT2D eigenvalue weighted by Crippen LogP contribution is -2.38. The van der Waals surface area contributed by atoms with Gasteiger partial charge in [-0.2, -0.15) is 0 Å². The summed E-state index contributed by atoms with van der Waals surface area (Å²) in [4.78, 5) is 23.2. The van der Waals surface area contributed by atoms with E-state index in [1.165, 1.54) is 13.8 Å². The second kappa shape index (κ2) is 7.69. The molecule has 0 saturated heterocycles. The van der Waals surface area contributed by atoms with Gasteiger partial charge in [0.15, 0.2) is 0 Å². The van der Waals surface area contributed by atoms with E-state index in [1.54, 1.807) is 24.3 Å². The van der Waals surface area contributed by atoms with Crippen molar-refractivity contribution < 1.29 is 19.1 Å². The van der Waals surface area contributed by atoms with Crippen LogP contribution in [0.2, 0.25) is 39.3 Å². The van der Waals surface area contributed by atoms with Crippen LogP contribution >= 0.6 is 0 Å². The smallest absolute Gasteiger partial charge is 0.304 e. The Labute approximate surface area is 159 Å². The number of carbonyl (C=O) groups is 2. The van der Waals surface area contributed by atoms with Gasteiger partial charge < -0.3 is 9.47 Å². The summed E-state index contributed by atoms with van der Waals surface area (Å²) < 4.78 is 10.9. The zero-order valence-electron chi connectivity index (χ0n) is 16.9. The van der Waals surface area contributed by atoms with E-state index >= 15 is 0 Å². The van der Waals surface area contributed by atoms with Crippen LogP contribution < -0.4 is 0 Å². The van der Waals surface area contributed by atoms with Crippen LogP contribution in [0.1, 0.15) is 13.8 Å². The molecule has 1 aliphatic carbocycles. The van der Waals surface area contributed by atoms with Crippen molar-refractivity contribution >= 4 is 28.1 Å². The fourth-order valence-corrected chi connectivity index (χ4v) is 3.15. The summed E-state index contributed by atoms with van der Waals surface area (Å²) in [6.45, 7) is 15.4. The van der Waals surface area contributed by atoms with Crippen molar-refractivity contribution in [1.82, 2.24) is 0 Å². The summed E-state index contributed by atoms with van der Waals surface area (Å²) in [6.07, 6.45) is 6.62. The van der Waals surface area contributed by atoms with Gasteiger partial charge in [-0.05, 0) is 24.3 Å². The molecule has 0 amide bonds. The van der Waals surface area contributed by atoms with Gasteiger partial charge >= 0.3 is 11.9 Å². The van der Waals surface area contributed by atoms with E-state index in [-0.39, 0.29) is 0 Å². The molecule has 1 rings (SSSR count). The number of esters is 2. The molecule has 0 saturated carbocycles. The molecule has 1 aliphatic rings. The highest BCUT2D eigenvalue weighted by Crippen LogP contribution is 2.28. The van der Waals surface area contributed by atoms with E-state index < -0.39 is 39.3 Å². The molecule has 0 aliphatic heterocycles. The third-order valence-corrected chi connectivity index (χ3v) is 4.80. The molecule has 0 bridgehead atoms. The Kier molecular flexibility index (Phi) is 6.51. The zero-order valence-corrected chi connectivity index (χ0v) is 18.9. The van der Waals surface area contributed by atoms with Gasteiger partial charge in [0, 0.05) is 13.8 Å². The molecular weight excluding hydrogens is 360 g/mol. The van der Waals surface area contributed by atoms with E-state index in [0.717, 1.165) is 0 Å². The first kappa shape index (κ1) is 22.0. The van der Waals surface area contributed by atoms with E-state index in [2.05, 4.69) is 62.2 Å². The third kappa shape index (κ3) is 7.47. The molecule has 0 radical (unpaired) electrons. The lowest BCUT2D eigenvalue weighted by molar-refractivity contribution is -0.148. The summed E-state index contributed by atoms with van der Waals surface area (Å²) in [5, 5.41) is 0. The molecule has 4 nitrogen and oxygen atoms in total. The molecule has 0 spiro atoms. The highest BCUT2D eigenvalue weighted by Gasteiger charge is 2.36. The topological polar surface area (TPSA) is 52.6 Å². The van der Waals surface area contributed by atoms with Crippen molar-refractivity contribution in [3.8, 4) is 22.9 Å². The molecular formula is C20H28O4Si2. The Hall–Kier alpha value is -2.03. The minimum atomic E-state index is -1.67. The predicted octanol–water partition coefficient (Wildman–Crippen LogP) is 3.48. The van der Waals surface area contributed by atoms with Crippen LogP contribution in [-0.4, -0.2) is 39.3 Å². The quantitative estimate of drug-likeness (QED) is 0.314. The average Bonchev–Trinajstić information content (AvgIpc) is 2.44. The highest BCUT2D eigenvalue weighted by molar-refractivity contribution is 6.84. The number of hydrogen-bond donors (Lipinski definition) is 0. The first-order chi connectivity index (χ1) is 11.7. The van der Waals surface area contributed by atoms with Crippen LogP contribution in [0, 0.1) is 22.9 Å². The van der Waals surface area contributed by atoms with Crippen LogP contribution in [0.3, 0.4) is 0 Å². The van der Waals surface area contributed by atoms with Crippen LogP contribution in [0.25, 0.3) is 0 Å². The van der Waals surface area contributed by atoms with E-state index in [4.69, 9.17) is 9.47 Å². The third-order valence-electron chi connectivity index (χ3n) is 3.05. The summed E-state index contributed by atoms with van der Waals surface area (Å²) in [5.41, 5.74) is 4.16. The molecule has 140 valence electrons. The molecule has 0 unspecified atom stereocenters. The fraction of sp³-hybridized carbons (Fsp3) is 0.500. The van der Waals surface area contributed by atoms with Gasteiger partial charge in [-0.1, -0.05) is 51.1 Å². The van der Waals surface area contributed by atoms with Gasteiger partial charge in [0.1, 0.15) is 16.1 Å². The Morgan fingerprint density at radius 1 is 0.692 bits per heavy atom. The van der Waals surface area contributed by atoms with Crippen molar-refractivity contribution in [3.05, 3.63) is 24.3 Å². The first-order valence-electron chi connectivity index (χ1n) is 8.55. The van der Waals surface area contributed by atoms with E-state index in [0.29, 0.717) is 0 Å². The Morgan fingerprint density at radius 3 is 1.15 bits per heavy atom. The fourth-order valence-electron chi connectivity index (χ4n) is 2.01. The second-order valence-corrected chi connectivity index (χ2v) is 17.9. The number of ether oxygens (including phenoxy) is 2. The maximum Gasteiger partial charge on any atom is 0.304 e. The van der Waals surface area contributed by atoms with Gasteiger partial charge in [0.25, 0.3) is 0 Å². The van der Waals surface area contributed by atoms with Crippen molar-refractivity contribution in [3.63, 3.8) is 0 Å². The Morgan fingerprint density at radius 2 is 0.962 bits per heavy atom. The van der Waals surface area contributed by atoms with Crippen LogP contribution in [-0.2, 0) is 19.1 Å². The highest BCUT2D eigenvalue weighted by atomic mass is 28.3. The standard InChI is InChI=1S/C20H28O4Si2/c1-17(21)23-19(13-15-25(3,4)5)9-11-20(12-10-19,24-18(2)22)14-16-26(6,7)8/h9-12H,1-8H3. The number of hydrogen-bond acceptors (Lipinski definition) is 4. The van der Waals surface area contributed by atoms with Crippen LogP contribution in [0.4, 0.5) is 0 Å². The molecule has 26 heavy (non-hydrogen) atoms. The summed E-state index contributed by atoms with van der Waals surface area (Å²) in [6, 6.07) is 0. The van der Waals surface area contributed by atoms with Crippen molar-refractivity contribution in [2.45, 2.75) is 64.3 Å². The predicted molar refractivity (Wildman–Crippen MR) is 110 cm³/mol. The molecule has 0 aromatic heterocycles. The monoisotopic (exact) mass is 388 g/mol. The van der Waals surface area contributed by atoms with Crippen LogP contribution in [0.15, 0.2) is 24.3 Å². The zero-order chi connectivity index (χ0) is 20.2. The van der Waals surface area contributed by atoms with Gasteiger partial charge in [-0.25, -0.2) is 0 Å². The SMILES string of the molecule is CC(=O)OC1(C#C[Si](C)(C)C)C=CC(C#C[Si](C)(C)C)(OC(C)=O)C=C1. The number of carbonyl (C=O) groups excluding carboxylic acids is 2. The maximum absolute atomic E-state index is 11.6. The number of rotatable bonds is 2. The van der Waals surface area contributed by atoms with Crippen molar-refractivity contribution in [2.24, 2.45) is 0 Å².